The number of ether oxygens (including phenoxy) is 20. The van der Waals surface area contributed by atoms with E-state index < -0.39 is 227 Å². The standard InChI is InChI=1S/C86H142N10O47S/c1-50(100)92-69-55(103)40-84(80(117)118,141-76(69)72(113)58(106)43-97)138-46-65(110)88-9-14-125-20-23-129-26-29-132-32-35-135-61-38-53(79(116)91-12-17-128-19-18-124-13-8-87-64(109)7-5-4-6-63-68-54(49-144-63)95-83(123)96-68)39-62(136-36-33-133-30-27-130-24-21-126-15-10-89-66(111)47-139-85(81(119)120)41-56(104)70(93-51(2)101)77(142-85)73(114)59(107)44-98)75(61)137-37-34-134-31-28-131-25-22-127-16-11-90-67(112)48-140-86(82(121)122)42-57(105)71(94-52(3)102)78(143-86)74(115)60(108)45-99/h38-39,54-60,63,68-74,76-78,97-99,103-108,113-115H,4-37,40-49H2,1-3H3,(H,87,109)(H,88,110)(H,89,111)(H,90,112)(H,91,116)(H,92,100)(H,93,101)(H,94,102)(H,117,118)(H,119,120)(H,121,122)(H2,95,96,123)/t54-,55-,56-,57-,58+,59+,60+,63-,68-,69+,70+,71+,72+,73+,74+,76+,77+,78+,84+,85+,86+/m0/s1. The van der Waals surface area contributed by atoms with Crippen LogP contribution in [-0.4, -0.2) is 517 Å². The summed E-state index contributed by atoms with van der Waals surface area (Å²) in [5.74, 6) is -18.0. The van der Waals surface area contributed by atoms with Gasteiger partial charge < -0.3 is 225 Å². The van der Waals surface area contributed by atoms with Gasteiger partial charge in [0, 0.05) is 95.7 Å². The smallest absolute Gasteiger partial charge is 0.364 e. The largest absolute Gasteiger partial charge is 0.487 e. The number of rotatable bonds is 78. The molecule has 21 atom stereocenters. The predicted octanol–water partition coefficient (Wildman–Crippen LogP) is -11.6. The monoisotopic (exact) mass is 2100 g/mol. The molecule has 5 aliphatic rings. The van der Waals surface area contributed by atoms with Gasteiger partial charge in [0.25, 0.3) is 23.3 Å². The number of carboxylic acid groups (broad SMARTS) is 3. The van der Waals surface area contributed by atoms with Gasteiger partial charge in [0.1, 0.15) is 94.6 Å². The average molecular weight is 2100 g/mol. The zero-order chi connectivity index (χ0) is 106. The van der Waals surface area contributed by atoms with Crippen LogP contribution in [0.4, 0.5) is 4.79 Å². The summed E-state index contributed by atoms with van der Waals surface area (Å²) in [5.41, 5.74) is 0.0515. The lowest BCUT2D eigenvalue weighted by Gasteiger charge is -2.46. The fraction of sp³-hybridized carbons (Fsp3) is 0.791. The van der Waals surface area contributed by atoms with E-state index >= 15 is 0 Å². The fourth-order valence-electron chi connectivity index (χ4n) is 14.9. The number of aliphatic carboxylic acids is 3. The lowest BCUT2D eigenvalue weighted by Crippen LogP contribution is -2.68. The second-order valence-corrected chi connectivity index (χ2v) is 34.4. The molecule has 1 aromatic rings. The molecular formula is C86H142N10O47S. The fourth-order valence-corrected chi connectivity index (χ4v) is 16.5. The Balaban J connectivity index is 0.994. The number of amides is 10. The number of carboxylic acids is 3. The Hall–Kier alpha value is -8.75. The van der Waals surface area contributed by atoms with Crippen LogP contribution >= 0.6 is 11.8 Å². The van der Waals surface area contributed by atoms with Gasteiger partial charge in [-0.05, 0) is 25.0 Å². The number of carbonyl (C=O) groups is 12. The van der Waals surface area contributed by atoms with E-state index in [2.05, 4.69) is 53.2 Å². The Bertz CT molecular complexity index is 3900. The number of thioether (sulfide) groups is 1. The first kappa shape index (κ1) is 124. The van der Waals surface area contributed by atoms with Crippen molar-refractivity contribution in [3.05, 3.63) is 17.7 Å². The van der Waals surface area contributed by atoms with Gasteiger partial charge in [0.2, 0.25) is 47.1 Å². The summed E-state index contributed by atoms with van der Waals surface area (Å²) in [5, 5.41) is 180. The highest BCUT2D eigenvalue weighted by Crippen LogP contribution is 2.41. The molecule has 0 aliphatic carbocycles. The number of carbonyl (C=O) groups excluding carboxylic acids is 9. The molecule has 1 aromatic carbocycles. The second kappa shape index (κ2) is 67.3. The molecule has 5 saturated heterocycles. The van der Waals surface area contributed by atoms with Crippen LogP contribution in [0.5, 0.6) is 17.2 Å². The number of aliphatic hydroxyl groups is 12. The van der Waals surface area contributed by atoms with Crippen molar-refractivity contribution in [2.24, 2.45) is 0 Å². The maximum Gasteiger partial charge on any atom is 0.364 e. The van der Waals surface area contributed by atoms with Crippen LogP contribution in [0, 0.1) is 0 Å². The van der Waals surface area contributed by atoms with E-state index in [-0.39, 0.29) is 245 Å². The summed E-state index contributed by atoms with van der Waals surface area (Å²) in [6, 6.07) is -1.44. The number of urea groups is 1. The van der Waals surface area contributed by atoms with Gasteiger partial charge in [-0.1, -0.05) is 6.42 Å². The molecule has 0 bridgehead atoms. The third-order valence-electron chi connectivity index (χ3n) is 22.1. The van der Waals surface area contributed by atoms with Gasteiger partial charge in [-0.2, -0.15) is 11.8 Å². The molecule has 57 nitrogen and oxygen atoms in total. The van der Waals surface area contributed by atoms with E-state index in [1.807, 2.05) is 11.8 Å². The van der Waals surface area contributed by atoms with Crippen molar-refractivity contribution in [2.75, 3.05) is 243 Å². The van der Waals surface area contributed by atoms with Crippen molar-refractivity contribution in [3.63, 3.8) is 0 Å². The van der Waals surface area contributed by atoms with Crippen LogP contribution in [0.3, 0.4) is 0 Å². The SMILES string of the molecule is CC(=O)N[C@H]1[C@H]([C@H](O)[C@H](O)CO)O[C@@](OCC(=O)NCCOCCOCCOCCOc2cc(C(=O)NCCOCCOCCNC(=O)CCCC[C@@H]3SC[C@@H]4NC(=O)N[C@@H]43)cc(OCCOCCOCCOCCNC(=O)CO[C@]3(C(=O)O)C[C@H](O)[C@@H](NC(C)=O)[C@H]([C@H](O)[C@H](O)CO)O3)c2OCCOCCOCCOCCNC(=O)CO[C@]2(C(=O)O)C[C@H](O)[C@@H](NC(C)=O)[C@H]([C@H](O)[C@H](O)CO)O2)(C(=O)O)C[C@@H]1O. The molecule has 6 rings (SSSR count). The van der Waals surface area contributed by atoms with E-state index in [4.69, 9.17) is 94.7 Å². The van der Waals surface area contributed by atoms with Gasteiger partial charge >= 0.3 is 23.9 Å². The topological polar surface area (TPSA) is 813 Å². The number of hydrogen-bond donors (Lipinski definition) is 25. The third kappa shape index (κ3) is 43.2. The number of nitrogens with one attached hydrogen (secondary N) is 10. The molecule has 824 valence electrons. The summed E-state index contributed by atoms with van der Waals surface area (Å²) >= 11 is 1.82. The van der Waals surface area contributed by atoms with Gasteiger partial charge in [-0.15, -0.1) is 0 Å². The molecular weight excluding hydrogens is 1960 g/mol. The van der Waals surface area contributed by atoms with Gasteiger partial charge in [-0.3, -0.25) is 38.4 Å². The number of unbranched alkanes of at least 4 members (excludes halogenated alkanes) is 1. The molecule has 0 radical (unpaired) electrons. The number of hydrogen-bond acceptors (Lipinski definition) is 45. The number of fused-ring (bicyclic) bond motifs is 1. The molecule has 5 heterocycles. The Kier molecular flexibility index (Phi) is 57.9. The van der Waals surface area contributed by atoms with Gasteiger partial charge in [-0.25, -0.2) is 19.2 Å². The van der Waals surface area contributed by atoms with Crippen LogP contribution in [0.2, 0.25) is 0 Å². The molecule has 0 aromatic heterocycles. The maximum atomic E-state index is 14.0. The number of aliphatic hydroxyl groups excluding tert-OH is 12. The molecule has 5 fully saturated rings. The van der Waals surface area contributed by atoms with Crippen LogP contribution in [0.1, 0.15) is 76.1 Å². The lowest BCUT2D eigenvalue weighted by atomic mass is 9.88. The first-order valence-corrected chi connectivity index (χ1v) is 47.9. The molecule has 10 amide bonds. The van der Waals surface area contributed by atoms with E-state index in [1.165, 1.54) is 12.1 Å². The predicted molar refractivity (Wildman–Crippen MR) is 486 cm³/mol. The first-order valence-electron chi connectivity index (χ1n) is 46.8. The minimum atomic E-state index is -2.74. The summed E-state index contributed by atoms with van der Waals surface area (Å²) in [7, 11) is 0. The minimum Gasteiger partial charge on any atom is -0.487 e. The molecule has 0 saturated carbocycles. The zero-order valence-electron chi connectivity index (χ0n) is 80.3. The van der Waals surface area contributed by atoms with E-state index in [1.54, 1.807) is 0 Å². The van der Waals surface area contributed by atoms with E-state index in [0.29, 0.717) is 18.1 Å². The van der Waals surface area contributed by atoms with Crippen molar-refractivity contribution < 1.29 is 229 Å². The normalized spacial score (nSPS) is 24.7. The average Bonchev–Trinajstić information content (AvgIpc) is 0.976. The van der Waals surface area contributed by atoms with E-state index in [0.717, 1.165) is 39.4 Å². The third-order valence-corrected chi connectivity index (χ3v) is 23.6. The van der Waals surface area contributed by atoms with Gasteiger partial charge in [0.15, 0.2) is 11.5 Å². The van der Waals surface area contributed by atoms with Crippen LogP contribution in [0.25, 0.3) is 0 Å². The van der Waals surface area contributed by atoms with Crippen LogP contribution < -0.4 is 67.4 Å². The molecule has 5 aliphatic heterocycles. The summed E-state index contributed by atoms with van der Waals surface area (Å²) in [6.45, 7) is -1.80. The zero-order valence-corrected chi connectivity index (χ0v) is 81.2. The van der Waals surface area contributed by atoms with Crippen molar-refractivity contribution in [2.45, 2.75) is 192 Å². The van der Waals surface area contributed by atoms with Crippen LogP contribution in [-0.2, 0) is 128 Å². The molecule has 58 heteroatoms. The summed E-state index contributed by atoms with van der Waals surface area (Å²) in [6.07, 6.45) is -22.1. The van der Waals surface area contributed by atoms with Crippen LogP contribution in [0.15, 0.2) is 12.1 Å². The lowest BCUT2D eigenvalue weighted by molar-refractivity contribution is -0.309. The molecule has 25 N–H and O–H groups in total. The second-order valence-electron chi connectivity index (χ2n) is 33.1. The number of benzene rings is 1. The van der Waals surface area contributed by atoms with E-state index in [9.17, 15) is 134 Å². The highest BCUT2D eigenvalue weighted by atomic mass is 32.2. The quantitative estimate of drug-likeness (QED) is 0.0213. The van der Waals surface area contributed by atoms with Crippen molar-refractivity contribution in [3.8, 4) is 17.2 Å². The minimum absolute atomic E-state index is 0.0238. The van der Waals surface area contributed by atoms with Crippen molar-refractivity contribution in [1.29, 1.82) is 0 Å². The van der Waals surface area contributed by atoms with Gasteiger partial charge in [0.05, 0.1) is 214 Å². The summed E-state index contributed by atoms with van der Waals surface area (Å²) in [4.78, 5) is 150. The highest BCUT2D eigenvalue weighted by Gasteiger charge is 2.60. The Labute approximate surface area is 831 Å². The Morgan fingerprint density at radius 2 is 0.694 bits per heavy atom. The van der Waals surface area contributed by atoms with Crippen molar-refractivity contribution in [1.82, 2.24) is 53.2 Å². The Morgan fingerprint density at radius 1 is 0.403 bits per heavy atom. The molecule has 0 spiro atoms. The Morgan fingerprint density at radius 3 is 1.00 bits per heavy atom. The molecule has 144 heavy (non-hydrogen) atoms. The van der Waals surface area contributed by atoms with Crippen molar-refractivity contribution >= 4 is 83.0 Å². The maximum absolute atomic E-state index is 14.0. The first-order chi connectivity index (χ1) is 68.9. The highest BCUT2D eigenvalue weighted by molar-refractivity contribution is 8.00. The summed E-state index contributed by atoms with van der Waals surface area (Å²) < 4.78 is 113. The molecule has 0 unspecified atom stereocenters.